The second-order valence-corrected chi connectivity index (χ2v) is 5.66. The topological polar surface area (TPSA) is 40.5 Å². The van der Waals surface area contributed by atoms with Crippen LogP contribution in [-0.2, 0) is 19.5 Å². The Bertz CT molecular complexity index is 592. The van der Waals surface area contributed by atoms with Gasteiger partial charge in [-0.05, 0) is 52.1 Å². The molecule has 98 valence electrons. The third-order valence-electron chi connectivity index (χ3n) is 3.54. The molecule has 0 saturated heterocycles. The van der Waals surface area contributed by atoms with Crippen molar-refractivity contribution in [3.8, 4) is 0 Å². The molecule has 2 heterocycles. The van der Waals surface area contributed by atoms with Crippen LogP contribution in [0.3, 0.4) is 0 Å². The van der Waals surface area contributed by atoms with Gasteiger partial charge < -0.3 is 5.11 Å². The number of rotatable bonds is 4. The quantitative estimate of drug-likeness (QED) is 0.931. The van der Waals surface area contributed by atoms with Crippen LogP contribution in [0.2, 0.25) is 0 Å². The molecule has 19 heavy (non-hydrogen) atoms. The molecule has 1 aromatic heterocycles. The molecule has 3 nitrogen and oxygen atoms in total. The molecule has 1 N–H and O–H groups in total. The molecule has 1 aromatic carbocycles. The normalized spacial score (nSPS) is 14.5. The Labute approximate surface area is 116 Å². The van der Waals surface area contributed by atoms with Crippen LogP contribution in [-0.4, -0.2) is 22.5 Å². The van der Waals surface area contributed by atoms with Crippen LogP contribution in [0.5, 0.6) is 0 Å². The van der Waals surface area contributed by atoms with Gasteiger partial charge in [0, 0.05) is 19.6 Å². The minimum absolute atomic E-state index is 0.387. The van der Waals surface area contributed by atoms with Gasteiger partial charge in [0.25, 0.3) is 0 Å². The van der Waals surface area contributed by atoms with Gasteiger partial charge in [0.1, 0.15) is 0 Å². The SMILES string of the molecule is O=C(O)c1ccc2c(c1)CN(CCc1ccsc1)C2. The van der Waals surface area contributed by atoms with Crippen LogP contribution < -0.4 is 0 Å². The molecular weight excluding hydrogens is 258 g/mol. The molecule has 3 rings (SSSR count). The zero-order valence-electron chi connectivity index (χ0n) is 10.5. The van der Waals surface area contributed by atoms with E-state index in [1.54, 1.807) is 17.4 Å². The third kappa shape index (κ3) is 2.69. The Kier molecular flexibility index (Phi) is 3.36. The predicted molar refractivity (Wildman–Crippen MR) is 75.5 cm³/mol. The highest BCUT2D eigenvalue weighted by Crippen LogP contribution is 2.24. The van der Waals surface area contributed by atoms with Crippen molar-refractivity contribution in [3.63, 3.8) is 0 Å². The Hall–Kier alpha value is -1.65. The lowest BCUT2D eigenvalue weighted by Gasteiger charge is -2.13. The van der Waals surface area contributed by atoms with Gasteiger partial charge in [-0.25, -0.2) is 4.79 Å². The van der Waals surface area contributed by atoms with Crippen molar-refractivity contribution in [3.05, 3.63) is 57.3 Å². The number of nitrogens with zero attached hydrogens (tertiary/aromatic N) is 1. The van der Waals surface area contributed by atoms with Crippen molar-refractivity contribution >= 4 is 17.3 Å². The average Bonchev–Trinajstić information content (AvgIpc) is 3.04. The molecule has 0 radical (unpaired) electrons. The summed E-state index contributed by atoms with van der Waals surface area (Å²) in [5.41, 5.74) is 4.19. The lowest BCUT2D eigenvalue weighted by atomic mass is 10.1. The van der Waals surface area contributed by atoms with Gasteiger partial charge in [-0.1, -0.05) is 6.07 Å². The number of thiophene rings is 1. The number of carboxylic acid groups (broad SMARTS) is 1. The van der Waals surface area contributed by atoms with Gasteiger partial charge >= 0.3 is 5.97 Å². The Morgan fingerprint density at radius 2 is 2.11 bits per heavy atom. The lowest BCUT2D eigenvalue weighted by Crippen LogP contribution is -2.19. The molecule has 0 spiro atoms. The highest BCUT2D eigenvalue weighted by Gasteiger charge is 2.19. The zero-order chi connectivity index (χ0) is 13.2. The van der Waals surface area contributed by atoms with E-state index in [1.165, 1.54) is 11.1 Å². The standard InChI is InChI=1S/C15H15NO2S/c17-15(18)12-1-2-13-8-16(9-14(13)7-12)5-3-11-4-6-19-10-11/h1-2,4,6-7,10H,3,5,8-9H2,(H,17,18). The van der Waals surface area contributed by atoms with Crippen LogP contribution in [0, 0.1) is 0 Å². The minimum atomic E-state index is -0.848. The summed E-state index contributed by atoms with van der Waals surface area (Å²) in [6, 6.07) is 7.62. The summed E-state index contributed by atoms with van der Waals surface area (Å²) in [7, 11) is 0. The number of carbonyl (C=O) groups is 1. The summed E-state index contributed by atoms with van der Waals surface area (Å²) in [4.78, 5) is 13.3. The van der Waals surface area contributed by atoms with Gasteiger partial charge in [0.2, 0.25) is 0 Å². The third-order valence-corrected chi connectivity index (χ3v) is 4.27. The van der Waals surface area contributed by atoms with Crippen molar-refractivity contribution < 1.29 is 9.90 Å². The van der Waals surface area contributed by atoms with E-state index in [1.807, 2.05) is 12.1 Å². The average molecular weight is 273 g/mol. The summed E-state index contributed by atoms with van der Waals surface area (Å²) in [5, 5.41) is 13.3. The maximum atomic E-state index is 11.0. The number of benzene rings is 1. The van der Waals surface area contributed by atoms with E-state index in [0.717, 1.165) is 31.6 Å². The molecule has 0 aliphatic carbocycles. The van der Waals surface area contributed by atoms with Gasteiger partial charge in [-0.3, -0.25) is 4.90 Å². The van der Waals surface area contributed by atoms with Crippen LogP contribution in [0.15, 0.2) is 35.0 Å². The van der Waals surface area contributed by atoms with E-state index < -0.39 is 5.97 Å². The molecule has 2 aromatic rings. The van der Waals surface area contributed by atoms with Gasteiger partial charge in [-0.2, -0.15) is 11.3 Å². The summed E-state index contributed by atoms with van der Waals surface area (Å²) >= 11 is 1.73. The van der Waals surface area contributed by atoms with E-state index in [2.05, 4.69) is 21.7 Å². The van der Waals surface area contributed by atoms with Crippen LogP contribution in [0.25, 0.3) is 0 Å². The van der Waals surface area contributed by atoms with Crippen molar-refractivity contribution in [1.82, 2.24) is 4.90 Å². The summed E-state index contributed by atoms with van der Waals surface area (Å²) in [6.45, 7) is 2.81. The Balaban J connectivity index is 1.65. The molecular formula is C15H15NO2S. The zero-order valence-corrected chi connectivity index (χ0v) is 11.3. The van der Waals surface area contributed by atoms with Crippen molar-refractivity contribution in [2.45, 2.75) is 19.5 Å². The first-order valence-electron chi connectivity index (χ1n) is 6.31. The molecule has 4 heteroatoms. The largest absolute Gasteiger partial charge is 0.478 e. The van der Waals surface area contributed by atoms with Gasteiger partial charge in [0.05, 0.1) is 5.56 Å². The van der Waals surface area contributed by atoms with E-state index in [-0.39, 0.29) is 0 Å². The smallest absolute Gasteiger partial charge is 0.335 e. The van der Waals surface area contributed by atoms with Crippen molar-refractivity contribution in [1.29, 1.82) is 0 Å². The molecule has 0 fully saturated rings. The van der Waals surface area contributed by atoms with Crippen LogP contribution in [0.4, 0.5) is 0 Å². The minimum Gasteiger partial charge on any atom is -0.478 e. The summed E-state index contributed by atoms with van der Waals surface area (Å²) in [6.07, 6.45) is 1.06. The first-order chi connectivity index (χ1) is 9.22. The highest BCUT2D eigenvalue weighted by atomic mass is 32.1. The van der Waals surface area contributed by atoms with E-state index in [9.17, 15) is 4.79 Å². The molecule has 0 saturated carbocycles. The van der Waals surface area contributed by atoms with E-state index >= 15 is 0 Å². The second kappa shape index (κ2) is 5.15. The fourth-order valence-corrected chi connectivity index (χ4v) is 3.18. The number of fused-ring (bicyclic) bond motifs is 1. The molecule has 0 amide bonds. The number of carboxylic acids is 1. The van der Waals surface area contributed by atoms with E-state index in [4.69, 9.17) is 5.11 Å². The number of hydrogen-bond acceptors (Lipinski definition) is 3. The Morgan fingerprint density at radius 1 is 1.26 bits per heavy atom. The maximum Gasteiger partial charge on any atom is 0.335 e. The first kappa shape index (κ1) is 12.4. The summed E-state index contributed by atoms with van der Waals surface area (Å²) < 4.78 is 0. The lowest BCUT2D eigenvalue weighted by molar-refractivity contribution is 0.0696. The van der Waals surface area contributed by atoms with Crippen LogP contribution >= 0.6 is 11.3 Å². The molecule has 0 bridgehead atoms. The predicted octanol–water partition coefficient (Wildman–Crippen LogP) is 3.00. The van der Waals surface area contributed by atoms with Gasteiger partial charge in [-0.15, -0.1) is 0 Å². The number of aromatic carboxylic acids is 1. The van der Waals surface area contributed by atoms with Crippen molar-refractivity contribution in [2.75, 3.05) is 6.54 Å². The van der Waals surface area contributed by atoms with Crippen molar-refractivity contribution in [2.24, 2.45) is 0 Å². The molecule has 0 atom stereocenters. The monoisotopic (exact) mass is 273 g/mol. The molecule has 1 aliphatic rings. The van der Waals surface area contributed by atoms with Crippen LogP contribution in [0.1, 0.15) is 27.0 Å². The Morgan fingerprint density at radius 3 is 2.84 bits per heavy atom. The van der Waals surface area contributed by atoms with E-state index in [0.29, 0.717) is 5.56 Å². The summed E-state index contributed by atoms with van der Waals surface area (Å²) in [5.74, 6) is -0.848. The molecule has 1 aliphatic heterocycles. The highest BCUT2D eigenvalue weighted by molar-refractivity contribution is 7.07. The second-order valence-electron chi connectivity index (χ2n) is 4.88. The fourth-order valence-electron chi connectivity index (χ4n) is 2.48. The van der Waals surface area contributed by atoms with Gasteiger partial charge in [0.15, 0.2) is 0 Å². The maximum absolute atomic E-state index is 11.0. The first-order valence-corrected chi connectivity index (χ1v) is 7.25. The molecule has 0 unspecified atom stereocenters. The fraction of sp³-hybridized carbons (Fsp3) is 0.267. The number of hydrogen-bond donors (Lipinski definition) is 1.